The average Bonchev–Trinajstić information content (AvgIpc) is 3.10. The minimum Gasteiger partial charge on any atom is -0.496 e. The highest BCUT2D eigenvalue weighted by atomic mass is 35.5. The predicted octanol–water partition coefficient (Wildman–Crippen LogP) is 3.07. The smallest absolute Gasteiger partial charge is 0.227 e. The maximum atomic E-state index is 12.6. The van der Waals surface area contributed by atoms with Crippen LogP contribution in [0.25, 0.3) is 0 Å². The van der Waals surface area contributed by atoms with Gasteiger partial charge >= 0.3 is 0 Å². The lowest BCUT2D eigenvalue weighted by Crippen LogP contribution is -2.34. The van der Waals surface area contributed by atoms with E-state index in [1.807, 2.05) is 24.3 Å². The standard InChI is InChI=1S/C21H23ClN2O4/c1-27-18-6-4-3-5-14(18)9-10-23-21(26)15-11-20(25)24(13-15)17-12-16(22)7-8-19(17)28-2/h3-8,12,15H,9-11,13H2,1-2H3,(H,23,26). The summed E-state index contributed by atoms with van der Waals surface area (Å²) in [5, 5.41) is 3.43. The van der Waals surface area contributed by atoms with Gasteiger partial charge in [-0.25, -0.2) is 0 Å². The summed E-state index contributed by atoms with van der Waals surface area (Å²) < 4.78 is 10.7. The molecule has 1 aliphatic rings. The highest BCUT2D eigenvalue weighted by Crippen LogP contribution is 2.35. The summed E-state index contributed by atoms with van der Waals surface area (Å²) >= 11 is 6.07. The Morgan fingerprint density at radius 3 is 2.68 bits per heavy atom. The zero-order chi connectivity index (χ0) is 20.1. The highest BCUT2D eigenvalue weighted by Gasteiger charge is 2.36. The zero-order valence-corrected chi connectivity index (χ0v) is 16.7. The van der Waals surface area contributed by atoms with Crippen molar-refractivity contribution < 1.29 is 19.1 Å². The summed E-state index contributed by atoms with van der Waals surface area (Å²) in [6, 6.07) is 12.8. The van der Waals surface area contributed by atoms with Gasteiger partial charge in [-0.05, 0) is 36.2 Å². The molecule has 0 aliphatic carbocycles. The van der Waals surface area contributed by atoms with Crippen LogP contribution in [-0.2, 0) is 16.0 Å². The number of para-hydroxylation sites is 1. The van der Waals surface area contributed by atoms with E-state index < -0.39 is 5.92 Å². The molecule has 6 nitrogen and oxygen atoms in total. The van der Waals surface area contributed by atoms with Crippen molar-refractivity contribution in [3.05, 3.63) is 53.1 Å². The Morgan fingerprint density at radius 1 is 1.18 bits per heavy atom. The van der Waals surface area contributed by atoms with Crippen LogP contribution < -0.4 is 19.7 Å². The van der Waals surface area contributed by atoms with E-state index in [2.05, 4.69) is 5.32 Å². The van der Waals surface area contributed by atoms with Gasteiger partial charge in [0.25, 0.3) is 0 Å². The van der Waals surface area contributed by atoms with E-state index in [0.717, 1.165) is 11.3 Å². The van der Waals surface area contributed by atoms with Gasteiger partial charge < -0.3 is 19.7 Å². The minimum atomic E-state index is -0.408. The van der Waals surface area contributed by atoms with Crippen molar-refractivity contribution in [2.45, 2.75) is 12.8 Å². The monoisotopic (exact) mass is 402 g/mol. The second-order valence-electron chi connectivity index (χ2n) is 6.57. The SMILES string of the molecule is COc1ccccc1CCNC(=O)C1CC(=O)N(c2cc(Cl)ccc2OC)C1. The van der Waals surface area contributed by atoms with E-state index in [0.29, 0.717) is 36.0 Å². The highest BCUT2D eigenvalue weighted by molar-refractivity contribution is 6.31. The normalized spacial score (nSPS) is 16.2. The largest absolute Gasteiger partial charge is 0.496 e. The molecule has 2 amide bonds. The molecule has 1 aliphatic heterocycles. The van der Waals surface area contributed by atoms with Crippen molar-refractivity contribution in [2.24, 2.45) is 5.92 Å². The van der Waals surface area contributed by atoms with E-state index in [1.54, 1.807) is 30.2 Å². The Hall–Kier alpha value is -2.73. The van der Waals surface area contributed by atoms with Crippen LogP contribution in [0.1, 0.15) is 12.0 Å². The number of nitrogens with one attached hydrogen (secondary N) is 1. The number of rotatable bonds is 7. The summed E-state index contributed by atoms with van der Waals surface area (Å²) in [5.74, 6) is 0.688. The molecule has 1 N–H and O–H groups in total. The fraction of sp³-hybridized carbons (Fsp3) is 0.333. The number of methoxy groups -OCH3 is 2. The summed E-state index contributed by atoms with van der Waals surface area (Å²) in [6.07, 6.45) is 0.818. The molecule has 1 fully saturated rings. The molecule has 2 aromatic carbocycles. The molecule has 0 aromatic heterocycles. The number of hydrogen-bond donors (Lipinski definition) is 1. The van der Waals surface area contributed by atoms with E-state index in [1.165, 1.54) is 7.11 Å². The third-order valence-corrected chi connectivity index (χ3v) is 5.05. The fourth-order valence-electron chi connectivity index (χ4n) is 3.36. The number of amides is 2. The van der Waals surface area contributed by atoms with Gasteiger partial charge in [-0.2, -0.15) is 0 Å². The Balaban J connectivity index is 1.60. The third kappa shape index (κ3) is 4.39. The van der Waals surface area contributed by atoms with Gasteiger partial charge in [0.1, 0.15) is 11.5 Å². The van der Waals surface area contributed by atoms with E-state index in [-0.39, 0.29) is 18.2 Å². The molecular formula is C21H23ClN2O4. The van der Waals surface area contributed by atoms with Gasteiger partial charge in [0.15, 0.2) is 0 Å². The first-order valence-corrected chi connectivity index (χ1v) is 9.44. The topological polar surface area (TPSA) is 67.9 Å². The number of carbonyl (C=O) groups is 2. The van der Waals surface area contributed by atoms with Gasteiger partial charge in [-0.1, -0.05) is 29.8 Å². The van der Waals surface area contributed by atoms with Crippen molar-refractivity contribution >= 4 is 29.1 Å². The summed E-state index contributed by atoms with van der Waals surface area (Å²) in [6.45, 7) is 0.778. The lowest BCUT2D eigenvalue weighted by atomic mass is 10.1. The second-order valence-corrected chi connectivity index (χ2v) is 7.01. The molecule has 28 heavy (non-hydrogen) atoms. The van der Waals surface area contributed by atoms with Crippen molar-refractivity contribution in [3.63, 3.8) is 0 Å². The van der Waals surface area contributed by atoms with Crippen molar-refractivity contribution in [1.82, 2.24) is 5.32 Å². The predicted molar refractivity (Wildman–Crippen MR) is 108 cm³/mol. The van der Waals surface area contributed by atoms with Crippen LogP contribution in [0.3, 0.4) is 0 Å². The van der Waals surface area contributed by atoms with E-state index in [4.69, 9.17) is 21.1 Å². The third-order valence-electron chi connectivity index (χ3n) is 4.81. The number of halogens is 1. The molecule has 1 saturated heterocycles. The minimum absolute atomic E-state index is 0.120. The molecule has 2 aromatic rings. The number of carbonyl (C=O) groups excluding carboxylic acids is 2. The molecule has 1 atom stereocenters. The summed E-state index contributed by atoms with van der Waals surface area (Å²) in [7, 11) is 3.16. The number of benzene rings is 2. The maximum absolute atomic E-state index is 12.6. The van der Waals surface area contributed by atoms with Crippen LogP contribution in [0.2, 0.25) is 5.02 Å². The van der Waals surface area contributed by atoms with Gasteiger partial charge in [0.2, 0.25) is 11.8 Å². The molecule has 1 heterocycles. The molecule has 0 saturated carbocycles. The fourth-order valence-corrected chi connectivity index (χ4v) is 3.53. The Labute approximate surface area is 169 Å². The molecule has 0 bridgehead atoms. The number of anilines is 1. The van der Waals surface area contributed by atoms with Crippen LogP contribution in [0, 0.1) is 5.92 Å². The summed E-state index contributed by atoms with van der Waals surface area (Å²) in [4.78, 5) is 26.6. The molecule has 3 rings (SSSR count). The van der Waals surface area contributed by atoms with E-state index in [9.17, 15) is 9.59 Å². The van der Waals surface area contributed by atoms with Gasteiger partial charge in [-0.15, -0.1) is 0 Å². The van der Waals surface area contributed by atoms with Crippen LogP contribution >= 0.6 is 11.6 Å². The molecular weight excluding hydrogens is 380 g/mol. The van der Waals surface area contributed by atoms with Gasteiger partial charge in [-0.3, -0.25) is 9.59 Å². The van der Waals surface area contributed by atoms with Crippen LogP contribution in [0.5, 0.6) is 11.5 Å². The van der Waals surface area contributed by atoms with Crippen molar-refractivity contribution in [3.8, 4) is 11.5 Å². The Morgan fingerprint density at radius 2 is 1.93 bits per heavy atom. The van der Waals surface area contributed by atoms with Crippen molar-refractivity contribution in [1.29, 1.82) is 0 Å². The Kier molecular flexibility index (Phi) is 6.41. The first-order valence-electron chi connectivity index (χ1n) is 9.07. The van der Waals surface area contributed by atoms with Crippen molar-refractivity contribution in [2.75, 3.05) is 32.2 Å². The second kappa shape index (κ2) is 8.97. The molecule has 0 radical (unpaired) electrons. The first kappa shape index (κ1) is 20.0. The first-order chi connectivity index (χ1) is 13.5. The van der Waals surface area contributed by atoms with Crippen LogP contribution in [0.4, 0.5) is 5.69 Å². The van der Waals surface area contributed by atoms with Gasteiger partial charge in [0, 0.05) is 24.5 Å². The van der Waals surface area contributed by atoms with Crippen LogP contribution in [0.15, 0.2) is 42.5 Å². The molecule has 148 valence electrons. The lowest BCUT2D eigenvalue weighted by molar-refractivity contribution is -0.126. The zero-order valence-electron chi connectivity index (χ0n) is 15.9. The number of hydrogen-bond acceptors (Lipinski definition) is 4. The average molecular weight is 403 g/mol. The maximum Gasteiger partial charge on any atom is 0.227 e. The number of ether oxygens (including phenoxy) is 2. The molecule has 0 spiro atoms. The molecule has 1 unspecified atom stereocenters. The summed E-state index contributed by atoms with van der Waals surface area (Å²) in [5.41, 5.74) is 1.61. The van der Waals surface area contributed by atoms with Gasteiger partial charge in [0.05, 0.1) is 25.8 Å². The molecule has 7 heteroatoms. The van der Waals surface area contributed by atoms with E-state index >= 15 is 0 Å². The quantitative estimate of drug-likeness (QED) is 0.772. The Bertz CT molecular complexity index is 871. The number of nitrogens with zero attached hydrogens (tertiary/aromatic N) is 1. The lowest BCUT2D eigenvalue weighted by Gasteiger charge is -2.20. The van der Waals surface area contributed by atoms with Crippen LogP contribution in [-0.4, -0.2) is 39.1 Å².